The zero-order chi connectivity index (χ0) is 19.5. The van der Waals surface area contributed by atoms with E-state index in [1.165, 1.54) is 6.20 Å². The van der Waals surface area contributed by atoms with Crippen molar-refractivity contribution < 1.29 is 4.74 Å². The molecule has 0 saturated heterocycles. The largest absolute Gasteiger partial charge is 0.480 e. The van der Waals surface area contributed by atoms with Crippen LogP contribution < -0.4 is 10.1 Å². The monoisotopic (exact) mass is 393 g/mol. The highest BCUT2D eigenvalue weighted by Gasteiger charge is 2.10. The lowest BCUT2D eigenvalue weighted by molar-refractivity contribution is 0.390. The Bertz CT molecular complexity index is 1210. The second-order valence-corrected chi connectivity index (χ2v) is 5.96. The average Bonchev–Trinajstić information content (AvgIpc) is 3.39. The van der Waals surface area contributed by atoms with Crippen molar-refractivity contribution in [1.82, 2.24) is 35.2 Å². The van der Waals surface area contributed by atoms with Crippen molar-refractivity contribution in [2.24, 2.45) is 0 Å². The van der Waals surface area contributed by atoms with Gasteiger partial charge < -0.3 is 10.1 Å². The van der Waals surface area contributed by atoms with E-state index in [1.54, 1.807) is 30.0 Å². The Kier molecular flexibility index (Phi) is 4.57. The van der Waals surface area contributed by atoms with Crippen LogP contribution in [0.1, 0.15) is 5.82 Å². The SMILES string of the molecule is COc1ccc2nc(-c3ccc(Cl)c(NC=C(C#N)c4nn[nH]n4)c3)cn2n1. The number of nitrogens with one attached hydrogen (secondary N) is 2. The predicted octanol–water partition coefficient (Wildman–Crippen LogP) is 2.55. The molecule has 3 aromatic heterocycles. The highest BCUT2D eigenvalue weighted by molar-refractivity contribution is 6.33. The predicted molar refractivity (Wildman–Crippen MR) is 101 cm³/mol. The minimum absolute atomic E-state index is 0.183. The van der Waals surface area contributed by atoms with Gasteiger partial charge in [-0.3, -0.25) is 0 Å². The molecule has 0 saturated carbocycles. The Balaban J connectivity index is 1.66. The van der Waals surface area contributed by atoms with E-state index in [2.05, 4.69) is 36.0 Å². The van der Waals surface area contributed by atoms with E-state index in [1.807, 2.05) is 24.3 Å². The van der Waals surface area contributed by atoms with Gasteiger partial charge in [-0.1, -0.05) is 17.7 Å². The summed E-state index contributed by atoms with van der Waals surface area (Å²) in [4.78, 5) is 4.56. The Morgan fingerprint density at radius 3 is 3.00 bits per heavy atom. The van der Waals surface area contributed by atoms with E-state index in [0.29, 0.717) is 27.9 Å². The maximum absolute atomic E-state index is 9.26. The maximum Gasteiger partial charge on any atom is 0.231 e. The Hall–Kier alpha value is -3.97. The molecule has 0 radical (unpaired) electrons. The van der Waals surface area contributed by atoms with Gasteiger partial charge in [0.1, 0.15) is 11.6 Å². The molecular formula is C17H12ClN9O. The third kappa shape index (κ3) is 3.34. The quantitative estimate of drug-likeness (QED) is 0.495. The number of methoxy groups -OCH3 is 1. The number of ether oxygens (including phenoxy) is 1. The summed E-state index contributed by atoms with van der Waals surface area (Å²) in [6.45, 7) is 0. The second-order valence-electron chi connectivity index (χ2n) is 5.55. The van der Waals surface area contributed by atoms with Crippen molar-refractivity contribution in [1.29, 1.82) is 5.26 Å². The maximum atomic E-state index is 9.26. The van der Waals surface area contributed by atoms with E-state index in [9.17, 15) is 5.26 Å². The van der Waals surface area contributed by atoms with Crippen LogP contribution in [0.5, 0.6) is 5.88 Å². The Labute approximate surface area is 163 Å². The molecule has 28 heavy (non-hydrogen) atoms. The molecular weight excluding hydrogens is 382 g/mol. The first-order valence-corrected chi connectivity index (χ1v) is 8.36. The van der Waals surface area contributed by atoms with Crippen molar-refractivity contribution in [2.45, 2.75) is 0 Å². The van der Waals surface area contributed by atoms with Crippen LogP contribution in [0.3, 0.4) is 0 Å². The number of benzene rings is 1. The van der Waals surface area contributed by atoms with Crippen molar-refractivity contribution in [2.75, 3.05) is 12.4 Å². The Morgan fingerprint density at radius 1 is 1.36 bits per heavy atom. The molecule has 10 nitrogen and oxygen atoms in total. The normalized spacial score (nSPS) is 11.4. The topological polar surface area (TPSA) is 130 Å². The van der Waals surface area contributed by atoms with E-state index in [0.717, 1.165) is 5.56 Å². The van der Waals surface area contributed by atoms with Gasteiger partial charge in [-0.05, 0) is 23.4 Å². The standard InChI is InChI=1S/C17H12ClN9O/c1-28-16-5-4-15-21-14(9-27(15)24-16)10-2-3-12(18)13(6-10)20-8-11(7-19)17-22-25-26-23-17/h2-6,8-9,20H,1H3,(H,22,23,25,26). The fourth-order valence-corrected chi connectivity index (χ4v) is 2.65. The van der Waals surface area contributed by atoms with Gasteiger partial charge in [0.2, 0.25) is 11.7 Å². The molecule has 4 rings (SSSR count). The van der Waals surface area contributed by atoms with E-state index in [-0.39, 0.29) is 11.4 Å². The molecule has 1 aromatic carbocycles. The van der Waals surface area contributed by atoms with Gasteiger partial charge in [-0.15, -0.1) is 15.3 Å². The smallest absolute Gasteiger partial charge is 0.231 e. The van der Waals surface area contributed by atoms with Gasteiger partial charge in [0.15, 0.2) is 5.65 Å². The fraction of sp³-hybridized carbons (Fsp3) is 0.0588. The third-order valence-corrected chi connectivity index (χ3v) is 4.18. The van der Waals surface area contributed by atoms with Gasteiger partial charge in [-0.2, -0.15) is 10.5 Å². The van der Waals surface area contributed by atoms with Crippen LogP contribution in [0.25, 0.3) is 22.5 Å². The molecule has 138 valence electrons. The summed E-state index contributed by atoms with van der Waals surface area (Å²) in [6, 6.07) is 11.0. The molecule has 0 bridgehead atoms. The number of nitrogens with zero attached hydrogens (tertiary/aromatic N) is 7. The lowest BCUT2D eigenvalue weighted by Gasteiger charge is -2.06. The molecule has 0 aliphatic rings. The zero-order valence-electron chi connectivity index (χ0n) is 14.5. The van der Waals surface area contributed by atoms with Crippen molar-refractivity contribution in [3.63, 3.8) is 0 Å². The summed E-state index contributed by atoms with van der Waals surface area (Å²) in [5.74, 6) is 0.674. The van der Waals surface area contributed by atoms with Crippen LogP contribution in [-0.4, -0.2) is 42.3 Å². The number of hydrogen-bond donors (Lipinski definition) is 2. The molecule has 0 spiro atoms. The summed E-state index contributed by atoms with van der Waals surface area (Å²) in [6.07, 6.45) is 3.26. The molecule has 4 aromatic rings. The zero-order valence-corrected chi connectivity index (χ0v) is 15.2. The van der Waals surface area contributed by atoms with Crippen LogP contribution in [0.2, 0.25) is 5.02 Å². The molecule has 0 aliphatic heterocycles. The lowest BCUT2D eigenvalue weighted by atomic mass is 10.1. The number of nitriles is 1. The van der Waals surface area contributed by atoms with Crippen molar-refractivity contribution in [3.05, 3.63) is 53.6 Å². The van der Waals surface area contributed by atoms with Crippen LogP contribution >= 0.6 is 11.6 Å². The number of aromatic amines is 1. The minimum Gasteiger partial charge on any atom is -0.480 e. The summed E-state index contributed by atoms with van der Waals surface area (Å²) in [7, 11) is 1.56. The molecule has 2 N–H and O–H groups in total. The summed E-state index contributed by atoms with van der Waals surface area (Å²) < 4.78 is 6.77. The number of H-pyrrole nitrogens is 1. The molecule has 3 heterocycles. The van der Waals surface area contributed by atoms with Crippen LogP contribution in [-0.2, 0) is 0 Å². The lowest BCUT2D eigenvalue weighted by Crippen LogP contribution is -1.94. The number of rotatable bonds is 5. The minimum atomic E-state index is 0.183. The number of halogens is 1. The second kappa shape index (κ2) is 7.34. The average molecular weight is 394 g/mol. The fourth-order valence-electron chi connectivity index (χ4n) is 2.48. The van der Waals surface area contributed by atoms with Crippen LogP contribution in [0, 0.1) is 11.3 Å². The highest BCUT2D eigenvalue weighted by atomic mass is 35.5. The first-order chi connectivity index (χ1) is 13.7. The van der Waals surface area contributed by atoms with Crippen molar-refractivity contribution in [3.8, 4) is 23.2 Å². The van der Waals surface area contributed by atoms with E-state index in [4.69, 9.17) is 16.3 Å². The van der Waals surface area contributed by atoms with Crippen LogP contribution in [0.15, 0.2) is 42.7 Å². The van der Waals surface area contributed by atoms with Gasteiger partial charge in [0.25, 0.3) is 0 Å². The van der Waals surface area contributed by atoms with E-state index < -0.39 is 0 Å². The summed E-state index contributed by atoms with van der Waals surface area (Å²) >= 11 is 6.27. The number of imidazole rings is 1. The molecule has 11 heteroatoms. The van der Waals surface area contributed by atoms with Crippen LogP contribution in [0.4, 0.5) is 5.69 Å². The van der Waals surface area contributed by atoms with Crippen molar-refractivity contribution >= 4 is 28.5 Å². The van der Waals surface area contributed by atoms with E-state index >= 15 is 0 Å². The molecule has 0 unspecified atom stereocenters. The number of fused-ring (bicyclic) bond motifs is 1. The molecule has 0 aliphatic carbocycles. The highest BCUT2D eigenvalue weighted by Crippen LogP contribution is 2.29. The number of hydrogen-bond acceptors (Lipinski definition) is 8. The Morgan fingerprint density at radius 2 is 2.25 bits per heavy atom. The third-order valence-electron chi connectivity index (χ3n) is 3.85. The molecule has 0 atom stereocenters. The van der Waals surface area contributed by atoms with Gasteiger partial charge >= 0.3 is 0 Å². The summed E-state index contributed by atoms with van der Waals surface area (Å²) in [5, 5.41) is 30.4. The first-order valence-electron chi connectivity index (χ1n) is 7.99. The summed E-state index contributed by atoms with van der Waals surface area (Å²) in [5.41, 5.74) is 3.02. The molecule has 0 fully saturated rings. The van der Waals surface area contributed by atoms with Gasteiger partial charge in [-0.25, -0.2) is 9.50 Å². The number of anilines is 1. The number of tetrazole rings is 1. The first kappa shape index (κ1) is 17.4. The number of aromatic nitrogens is 7. The van der Waals surface area contributed by atoms with Gasteiger partial charge in [0.05, 0.1) is 29.7 Å². The number of allylic oxidation sites excluding steroid dienone is 1. The van der Waals surface area contributed by atoms with Gasteiger partial charge in [0, 0.05) is 17.8 Å². The molecule has 0 amide bonds.